The smallest absolute Gasteiger partial charge is 0.256 e. The van der Waals surface area contributed by atoms with Crippen molar-refractivity contribution in [3.05, 3.63) is 64.2 Å². The maximum Gasteiger partial charge on any atom is 0.256 e. The molecule has 0 atom stereocenters. The lowest BCUT2D eigenvalue weighted by Gasteiger charge is -2.10. The Labute approximate surface area is 173 Å². The predicted octanol–water partition coefficient (Wildman–Crippen LogP) is 1.33. The molecule has 3 heterocycles. The van der Waals surface area contributed by atoms with E-state index < -0.39 is 0 Å². The molecule has 0 bridgehead atoms. The van der Waals surface area contributed by atoms with Crippen molar-refractivity contribution in [2.45, 2.75) is 27.3 Å². The van der Waals surface area contributed by atoms with E-state index in [9.17, 15) is 9.59 Å². The van der Waals surface area contributed by atoms with Crippen LogP contribution in [0.2, 0.25) is 0 Å². The van der Waals surface area contributed by atoms with Gasteiger partial charge in [0.2, 0.25) is 5.91 Å². The SMILES string of the molecule is Cc1ccnc(Nc2cc(NCCNC(=O)Cn3cnc(C)c(C)c3=O)ncn2)c1. The van der Waals surface area contributed by atoms with Gasteiger partial charge in [0.05, 0.1) is 6.33 Å². The van der Waals surface area contributed by atoms with Crippen LogP contribution < -0.4 is 21.5 Å². The first-order chi connectivity index (χ1) is 14.4. The minimum absolute atomic E-state index is 0.0714. The third-order valence-corrected chi connectivity index (χ3v) is 4.42. The number of nitrogens with zero attached hydrogens (tertiary/aromatic N) is 5. The first-order valence-electron chi connectivity index (χ1n) is 9.47. The third kappa shape index (κ3) is 5.60. The van der Waals surface area contributed by atoms with E-state index in [4.69, 9.17) is 0 Å². The number of aryl methyl sites for hydroxylation is 2. The summed E-state index contributed by atoms with van der Waals surface area (Å²) in [5.74, 6) is 1.66. The summed E-state index contributed by atoms with van der Waals surface area (Å²) in [4.78, 5) is 40.9. The first-order valence-corrected chi connectivity index (χ1v) is 9.47. The van der Waals surface area contributed by atoms with Gasteiger partial charge in [-0.25, -0.2) is 19.9 Å². The summed E-state index contributed by atoms with van der Waals surface area (Å²) < 4.78 is 1.30. The molecular formula is C20H24N8O2. The van der Waals surface area contributed by atoms with E-state index in [1.54, 1.807) is 26.1 Å². The van der Waals surface area contributed by atoms with Gasteiger partial charge in [0.15, 0.2) is 0 Å². The fourth-order valence-electron chi connectivity index (χ4n) is 2.65. The van der Waals surface area contributed by atoms with E-state index in [2.05, 4.69) is 35.9 Å². The van der Waals surface area contributed by atoms with Crippen LogP contribution in [0.4, 0.5) is 17.5 Å². The van der Waals surface area contributed by atoms with Gasteiger partial charge < -0.3 is 16.0 Å². The van der Waals surface area contributed by atoms with Crippen molar-refractivity contribution in [1.82, 2.24) is 29.8 Å². The van der Waals surface area contributed by atoms with Crippen molar-refractivity contribution in [2.24, 2.45) is 0 Å². The molecule has 0 radical (unpaired) electrons. The van der Waals surface area contributed by atoms with Crippen LogP contribution in [0.3, 0.4) is 0 Å². The highest BCUT2D eigenvalue weighted by atomic mass is 16.2. The summed E-state index contributed by atoms with van der Waals surface area (Å²) in [6.45, 7) is 6.21. The maximum atomic E-state index is 12.1. The zero-order valence-corrected chi connectivity index (χ0v) is 17.1. The van der Waals surface area contributed by atoms with E-state index >= 15 is 0 Å². The Morgan fingerprint density at radius 3 is 2.57 bits per heavy atom. The minimum atomic E-state index is -0.264. The Morgan fingerprint density at radius 1 is 1.00 bits per heavy atom. The Bertz CT molecular complexity index is 1100. The molecule has 0 aliphatic heterocycles. The van der Waals surface area contributed by atoms with E-state index in [1.807, 2.05) is 19.1 Å². The van der Waals surface area contributed by atoms with Gasteiger partial charge in [-0.3, -0.25) is 14.2 Å². The van der Waals surface area contributed by atoms with Gasteiger partial charge in [-0.05, 0) is 38.5 Å². The molecule has 10 nitrogen and oxygen atoms in total. The molecule has 30 heavy (non-hydrogen) atoms. The van der Waals surface area contributed by atoms with Crippen molar-refractivity contribution >= 4 is 23.4 Å². The molecule has 3 rings (SSSR count). The fourth-order valence-corrected chi connectivity index (χ4v) is 2.65. The van der Waals surface area contributed by atoms with Gasteiger partial charge in [-0.15, -0.1) is 0 Å². The van der Waals surface area contributed by atoms with Crippen molar-refractivity contribution in [1.29, 1.82) is 0 Å². The molecule has 0 saturated heterocycles. The van der Waals surface area contributed by atoms with Gasteiger partial charge in [-0.1, -0.05) is 0 Å². The zero-order valence-electron chi connectivity index (χ0n) is 17.1. The zero-order chi connectivity index (χ0) is 21.5. The molecule has 10 heteroatoms. The molecule has 3 aromatic rings. The second kappa shape index (κ2) is 9.59. The second-order valence-corrected chi connectivity index (χ2v) is 6.80. The lowest BCUT2D eigenvalue weighted by atomic mass is 10.3. The average Bonchev–Trinajstić information content (AvgIpc) is 2.72. The van der Waals surface area contributed by atoms with E-state index in [0.717, 1.165) is 5.56 Å². The maximum absolute atomic E-state index is 12.1. The summed E-state index contributed by atoms with van der Waals surface area (Å²) in [7, 11) is 0. The van der Waals surface area contributed by atoms with Crippen LogP contribution in [0.15, 0.2) is 41.8 Å². The summed E-state index contributed by atoms with van der Waals surface area (Å²) in [5.41, 5.74) is 2.09. The van der Waals surface area contributed by atoms with Crippen LogP contribution in [-0.4, -0.2) is 43.5 Å². The summed E-state index contributed by atoms with van der Waals surface area (Å²) >= 11 is 0. The normalized spacial score (nSPS) is 10.5. The molecular weight excluding hydrogens is 384 g/mol. The Morgan fingerprint density at radius 2 is 1.77 bits per heavy atom. The molecule has 0 fully saturated rings. The van der Waals surface area contributed by atoms with Crippen molar-refractivity contribution in [2.75, 3.05) is 23.7 Å². The van der Waals surface area contributed by atoms with Gasteiger partial charge in [0.1, 0.15) is 30.3 Å². The molecule has 3 N–H and O–H groups in total. The van der Waals surface area contributed by atoms with Crippen LogP contribution in [0.25, 0.3) is 0 Å². The number of hydrogen-bond donors (Lipinski definition) is 3. The van der Waals surface area contributed by atoms with E-state index in [-0.39, 0.29) is 18.0 Å². The first kappa shape index (κ1) is 20.9. The number of carbonyl (C=O) groups is 1. The quantitative estimate of drug-likeness (QED) is 0.477. The number of anilines is 3. The number of rotatable bonds is 8. The largest absolute Gasteiger partial charge is 0.368 e. The number of nitrogens with one attached hydrogen (secondary N) is 3. The lowest BCUT2D eigenvalue weighted by molar-refractivity contribution is -0.121. The summed E-state index contributed by atoms with van der Waals surface area (Å²) in [6, 6.07) is 5.59. The monoisotopic (exact) mass is 408 g/mol. The van der Waals surface area contributed by atoms with Gasteiger partial charge in [-0.2, -0.15) is 0 Å². The molecule has 0 saturated carbocycles. The van der Waals surface area contributed by atoms with Crippen LogP contribution >= 0.6 is 0 Å². The molecule has 1 amide bonds. The van der Waals surface area contributed by atoms with Crippen LogP contribution in [0.1, 0.15) is 16.8 Å². The van der Waals surface area contributed by atoms with Crippen molar-refractivity contribution in [3.63, 3.8) is 0 Å². The van der Waals surface area contributed by atoms with Crippen molar-refractivity contribution < 1.29 is 4.79 Å². The van der Waals surface area contributed by atoms with Crippen LogP contribution in [0.5, 0.6) is 0 Å². The highest BCUT2D eigenvalue weighted by Crippen LogP contribution is 2.14. The fraction of sp³-hybridized carbons (Fsp3) is 0.300. The topological polar surface area (TPSA) is 127 Å². The molecule has 0 aliphatic carbocycles. The molecule has 0 spiro atoms. The van der Waals surface area contributed by atoms with E-state index in [0.29, 0.717) is 41.8 Å². The Kier molecular flexibility index (Phi) is 6.68. The average molecular weight is 408 g/mol. The summed E-state index contributed by atoms with van der Waals surface area (Å²) in [6.07, 6.45) is 4.56. The highest BCUT2D eigenvalue weighted by Gasteiger charge is 2.08. The third-order valence-electron chi connectivity index (χ3n) is 4.42. The standard InChI is InChI=1S/C20H24N8O2/c1-13-4-5-21-17(8-13)27-18-9-16(24-11-25-18)22-6-7-23-19(29)10-28-12-26-15(3)14(2)20(28)30/h4-5,8-9,11-12H,6-7,10H2,1-3H3,(H,23,29)(H2,21,22,24,25,27). The Hall–Kier alpha value is -3.82. The number of carbonyl (C=O) groups excluding carboxylic acids is 1. The number of amides is 1. The van der Waals surface area contributed by atoms with Gasteiger partial charge in [0, 0.05) is 36.6 Å². The van der Waals surface area contributed by atoms with Crippen LogP contribution in [0, 0.1) is 20.8 Å². The number of hydrogen-bond acceptors (Lipinski definition) is 8. The Balaban J connectivity index is 1.47. The number of aromatic nitrogens is 5. The molecule has 3 aromatic heterocycles. The highest BCUT2D eigenvalue weighted by molar-refractivity contribution is 5.75. The molecule has 0 aromatic carbocycles. The van der Waals surface area contributed by atoms with Crippen LogP contribution in [-0.2, 0) is 11.3 Å². The van der Waals surface area contributed by atoms with Gasteiger partial charge in [0.25, 0.3) is 5.56 Å². The lowest BCUT2D eigenvalue weighted by Crippen LogP contribution is -2.35. The summed E-state index contributed by atoms with van der Waals surface area (Å²) in [5, 5.41) is 9.01. The molecule has 0 unspecified atom stereocenters. The minimum Gasteiger partial charge on any atom is -0.368 e. The second-order valence-electron chi connectivity index (χ2n) is 6.80. The molecule has 0 aliphatic rings. The predicted molar refractivity (Wildman–Crippen MR) is 114 cm³/mol. The molecule has 156 valence electrons. The van der Waals surface area contributed by atoms with Crippen molar-refractivity contribution in [3.8, 4) is 0 Å². The van der Waals surface area contributed by atoms with E-state index in [1.165, 1.54) is 17.2 Å². The van der Waals surface area contributed by atoms with Gasteiger partial charge >= 0.3 is 0 Å². The number of pyridine rings is 1.